The average molecular weight is 340 g/mol. The molecule has 3 rings (SSSR count). The fourth-order valence-electron chi connectivity index (χ4n) is 2.38. The molecule has 23 heavy (non-hydrogen) atoms. The first kappa shape index (κ1) is 15.3. The first-order valence-electron chi connectivity index (χ1n) is 6.69. The highest BCUT2D eigenvalue weighted by atomic mass is 32.2. The number of ether oxygens (including phenoxy) is 1. The van der Waals surface area contributed by atoms with E-state index in [1.165, 1.54) is 6.07 Å². The summed E-state index contributed by atoms with van der Waals surface area (Å²) >= 11 is 0. The van der Waals surface area contributed by atoms with Gasteiger partial charge in [-0.2, -0.15) is 0 Å². The summed E-state index contributed by atoms with van der Waals surface area (Å²) < 4.78 is 45.5. The second kappa shape index (κ2) is 5.27. The molecule has 1 aromatic heterocycles. The third kappa shape index (κ3) is 2.63. The van der Waals surface area contributed by atoms with Gasteiger partial charge in [-0.15, -0.1) is 0 Å². The standard InChI is InChI=1S/C14H13FN2O5S/c1-8-7-17(12-3-2-9(15)4-13(12)22-8)23(20,21)10-5-11(14(18)19)16-6-10/h2-6,8,16H,7H2,1H3,(H,18,19). The number of hydrogen-bond donors (Lipinski definition) is 2. The first-order chi connectivity index (χ1) is 10.8. The summed E-state index contributed by atoms with van der Waals surface area (Å²) in [4.78, 5) is 13.1. The molecule has 0 saturated carbocycles. The van der Waals surface area contributed by atoms with Crippen LogP contribution in [-0.2, 0) is 10.0 Å². The molecule has 0 radical (unpaired) electrons. The Kier molecular flexibility index (Phi) is 3.52. The molecular weight excluding hydrogens is 327 g/mol. The minimum absolute atomic E-state index is 0.0363. The van der Waals surface area contributed by atoms with Gasteiger partial charge < -0.3 is 14.8 Å². The van der Waals surface area contributed by atoms with Crippen molar-refractivity contribution in [2.45, 2.75) is 17.9 Å². The molecule has 2 heterocycles. The number of anilines is 1. The third-order valence-electron chi connectivity index (χ3n) is 3.42. The van der Waals surface area contributed by atoms with Crippen LogP contribution in [0.2, 0.25) is 0 Å². The van der Waals surface area contributed by atoms with Crippen molar-refractivity contribution in [3.8, 4) is 5.75 Å². The number of aromatic amines is 1. The van der Waals surface area contributed by atoms with Gasteiger partial charge >= 0.3 is 5.97 Å². The average Bonchev–Trinajstić information content (AvgIpc) is 2.96. The molecule has 1 aliphatic heterocycles. The number of rotatable bonds is 3. The number of carboxylic acids is 1. The lowest BCUT2D eigenvalue weighted by atomic mass is 10.2. The number of fused-ring (bicyclic) bond motifs is 1. The molecule has 0 aliphatic carbocycles. The Bertz CT molecular complexity index is 877. The molecule has 2 N–H and O–H groups in total. The zero-order valence-electron chi connectivity index (χ0n) is 12.0. The number of carboxylic acid groups (broad SMARTS) is 1. The molecule has 2 aromatic rings. The van der Waals surface area contributed by atoms with Gasteiger partial charge in [0.15, 0.2) is 0 Å². The normalized spacial score (nSPS) is 17.5. The highest BCUT2D eigenvalue weighted by Gasteiger charge is 2.34. The van der Waals surface area contributed by atoms with E-state index in [0.29, 0.717) is 0 Å². The van der Waals surface area contributed by atoms with Crippen LogP contribution in [0.3, 0.4) is 0 Å². The number of benzene rings is 1. The summed E-state index contributed by atoms with van der Waals surface area (Å²) in [5.74, 6) is -1.67. The van der Waals surface area contributed by atoms with Gasteiger partial charge in [0.2, 0.25) is 0 Å². The molecule has 1 atom stereocenters. The minimum Gasteiger partial charge on any atom is -0.487 e. The van der Waals surface area contributed by atoms with E-state index in [1.54, 1.807) is 6.92 Å². The Morgan fingerprint density at radius 3 is 2.83 bits per heavy atom. The number of hydrogen-bond acceptors (Lipinski definition) is 4. The SMILES string of the molecule is CC1CN(S(=O)(=O)c2c[nH]c(C(=O)O)c2)c2ccc(F)cc2O1. The van der Waals surface area contributed by atoms with Gasteiger partial charge in [-0.25, -0.2) is 17.6 Å². The lowest BCUT2D eigenvalue weighted by Gasteiger charge is -2.33. The molecule has 0 fully saturated rings. The minimum atomic E-state index is -4.00. The van der Waals surface area contributed by atoms with Crippen molar-refractivity contribution in [3.05, 3.63) is 42.0 Å². The van der Waals surface area contributed by atoms with Gasteiger partial charge in [0, 0.05) is 12.3 Å². The lowest BCUT2D eigenvalue weighted by Crippen LogP contribution is -2.42. The van der Waals surface area contributed by atoms with Crippen LogP contribution in [0.15, 0.2) is 35.4 Å². The number of aromatic carboxylic acids is 1. The van der Waals surface area contributed by atoms with Crippen LogP contribution in [0.25, 0.3) is 0 Å². The molecule has 0 bridgehead atoms. The number of carbonyl (C=O) groups is 1. The summed E-state index contributed by atoms with van der Waals surface area (Å²) in [6.45, 7) is 1.70. The van der Waals surface area contributed by atoms with Gasteiger partial charge in [0.1, 0.15) is 28.3 Å². The topological polar surface area (TPSA) is 99.7 Å². The van der Waals surface area contributed by atoms with Crippen LogP contribution < -0.4 is 9.04 Å². The molecule has 7 nitrogen and oxygen atoms in total. The highest BCUT2D eigenvalue weighted by molar-refractivity contribution is 7.92. The van der Waals surface area contributed by atoms with Crippen LogP contribution in [0.5, 0.6) is 5.75 Å². The number of sulfonamides is 1. The van der Waals surface area contributed by atoms with E-state index in [2.05, 4.69) is 4.98 Å². The van der Waals surface area contributed by atoms with Crippen molar-refractivity contribution >= 4 is 21.7 Å². The van der Waals surface area contributed by atoms with E-state index in [1.807, 2.05) is 0 Å². The molecule has 9 heteroatoms. The summed E-state index contributed by atoms with van der Waals surface area (Å²) in [6, 6.07) is 4.62. The van der Waals surface area contributed by atoms with Crippen molar-refractivity contribution in [3.63, 3.8) is 0 Å². The maximum Gasteiger partial charge on any atom is 0.352 e. The van der Waals surface area contributed by atoms with Gasteiger partial charge in [-0.1, -0.05) is 0 Å². The molecule has 1 aromatic carbocycles. The Morgan fingerprint density at radius 1 is 1.43 bits per heavy atom. The highest BCUT2D eigenvalue weighted by Crippen LogP contribution is 2.37. The molecule has 0 amide bonds. The van der Waals surface area contributed by atoms with Gasteiger partial charge in [-0.3, -0.25) is 4.31 Å². The molecule has 122 valence electrons. The fourth-order valence-corrected chi connectivity index (χ4v) is 3.92. The summed E-state index contributed by atoms with van der Waals surface area (Å²) in [7, 11) is -4.00. The summed E-state index contributed by atoms with van der Waals surface area (Å²) in [5, 5.41) is 8.90. The van der Waals surface area contributed by atoms with Crippen molar-refractivity contribution in [2.24, 2.45) is 0 Å². The number of nitrogens with one attached hydrogen (secondary N) is 1. The first-order valence-corrected chi connectivity index (χ1v) is 8.13. The van der Waals surface area contributed by atoms with Crippen molar-refractivity contribution in [2.75, 3.05) is 10.8 Å². The van der Waals surface area contributed by atoms with E-state index in [4.69, 9.17) is 9.84 Å². The zero-order chi connectivity index (χ0) is 16.8. The summed E-state index contributed by atoms with van der Waals surface area (Å²) in [5.41, 5.74) is -0.0215. The van der Waals surface area contributed by atoms with Gasteiger partial charge in [0.05, 0.1) is 12.2 Å². The number of H-pyrrole nitrogens is 1. The van der Waals surface area contributed by atoms with E-state index in [0.717, 1.165) is 28.7 Å². The maximum atomic E-state index is 13.3. The van der Waals surface area contributed by atoms with Crippen LogP contribution in [0.1, 0.15) is 17.4 Å². The zero-order valence-corrected chi connectivity index (χ0v) is 12.8. The van der Waals surface area contributed by atoms with E-state index in [-0.39, 0.29) is 28.6 Å². The van der Waals surface area contributed by atoms with E-state index < -0.39 is 27.9 Å². The molecule has 1 aliphatic rings. The van der Waals surface area contributed by atoms with Gasteiger partial charge in [-0.05, 0) is 25.1 Å². The van der Waals surface area contributed by atoms with E-state index in [9.17, 15) is 17.6 Å². The Morgan fingerprint density at radius 2 is 2.17 bits per heavy atom. The maximum absolute atomic E-state index is 13.3. The predicted octanol–water partition coefficient (Wildman–Crippen LogP) is 1.83. The lowest BCUT2D eigenvalue weighted by molar-refractivity contribution is 0.0691. The number of aromatic nitrogens is 1. The fraction of sp³-hybridized carbons (Fsp3) is 0.214. The predicted molar refractivity (Wildman–Crippen MR) is 78.8 cm³/mol. The van der Waals surface area contributed by atoms with Crippen LogP contribution in [0, 0.1) is 5.82 Å². The quantitative estimate of drug-likeness (QED) is 0.888. The Hall–Kier alpha value is -2.55. The number of nitrogens with zero attached hydrogens (tertiary/aromatic N) is 1. The molecule has 0 spiro atoms. The molecular formula is C14H13FN2O5S. The Balaban J connectivity index is 2.08. The van der Waals surface area contributed by atoms with Crippen LogP contribution in [-0.4, -0.2) is 37.1 Å². The van der Waals surface area contributed by atoms with Gasteiger partial charge in [0.25, 0.3) is 10.0 Å². The Labute approximate surface area is 131 Å². The number of halogens is 1. The summed E-state index contributed by atoms with van der Waals surface area (Å²) in [6.07, 6.45) is 0.638. The van der Waals surface area contributed by atoms with Crippen molar-refractivity contribution in [1.82, 2.24) is 4.98 Å². The van der Waals surface area contributed by atoms with Crippen molar-refractivity contribution in [1.29, 1.82) is 0 Å². The largest absolute Gasteiger partial charge is 0.487 e. The molecule has 0 saturated heterocycles. The van der Waals surface area contributed by atoms with Crippen LogP contribution >= 0.6 is 0 Å². The second-order valence-electron chi connectivity index (χ2n) is 5.13. The monoisotopic (exact) mass is 340 g/mol. The van der Waals surface area contributed by atoms with Crippen molar-refractivity contribution < 1.29 is 27.4 Å². The molecule has 1 unspecified atom stereocenters. The van der Waals surface area contributed by atoms with Crippen LogP contribution in [0.4, 0.5) is 10.1 Å². The third-order valence-corrected chi connectivity index (χ3v) is 5.17. The smallest absolute Gasteiger partial charge is 0.352 e. The van der Waals surface area contributed by atoms with E-state index >= 15 is 0 Å². The second-order valence-corrected chi connectivity index (χ2v) is 6.99.